The van der Waals surface area contributed by atoms with Crippen LogP contribution in [-0.2, 0) is 11.3 Å². The summed E-state index contributed by atoms with van der Waals surface area (Å²) in [6.07, 6.45) is 10.0. The SMILES string of the molecule is CN1C(=O)c2cc(C(=O)NCCCN3CCCC3)nn2C[C@]1(C)C(=O)NC1CCCCCC1. The van der Waals surface area contributed by atoms with Crippen LogP contribution in [0.3, 0.4) is 0 Å². The molecule has 1 aliphatic carbocycles. The molecule has 9 heteroatoms. The summed E-state index contributed by atoms with van der Waals surface area (Å²) < 4.78 is 1.52. The van der Waals surface area contributed by atoms with Crippen molar-refractivity contribution in [2.24, 2.45) is 0 Å². The van der Waals surface area contributed by atoms with Crippen molar-refractivity contribution in [1.29, 1.82) is 0 Å². The third kappa shape index (κ3) is 5.23. The van der Waals surface area contributed by atoms with Crippen molar-refractivity contribution < 1.29 is 14.4 Å². The van der Waals surface area contributed by atoms with Gasteiger partial charge in [-0.25, -0.2) is 0 Å². The van der Waals surface area contributed by atoms with Gasteiger partial charge in [0.1, 0.15) is 11.2 Å². The predicted octanol–water partition coefficient (Wildman–Crippen LogP) is 1.78. The quantitative estimate of drug-likeness (QED) is 0.479. The zero-order valence-corrected chi connectivity index (χ0v) is 20.1. The van der Waals surface area contributed by atoms with Gasteiger partial charge in [-0.15, -0.1) is 0 Å². The van der Waals surface area contributed by atoms with Crippen LogP contribution in [0.4, 0.5) is 0 Å². The topological polar surface area (TPSA) is 99.6 Å². The van der Waals surface area contributed by atoms with Gasteiger partial charge in [-0.05, 0) is 58.7 Å². The largest absolute Gasteiger partial charge is 0.351 e. The average Bonchev–Trinajstić information content (AvgIpc) is 3.40. The van der Waals surface area contributed by atoms with Gasteiger partial charge in [0.15, 0.2) is 5.69 Å². The minimum Gasteiger partial charge on any atom is -0.351 e. The monoisotopic (exact) mass is 458 g/mol. The smallest absolute Gasteiger partial charge is 0.272 e. The number of amides is 3. The minimum atomic E-state index is -1.05. The maximum absolute atomic E-state index is 13.3. The van der Waals surface area contributed by atoms with E-state index in [1.807, 2.05) is 0 Å². The van der Waals surface area contributed by atoms with E-state index in [0.29, 0.717) is 12.2 Å². The number of fused-ring (bicyclic) bond motifs is 1. The molecule has 0 unspecified atom stereocenters. The predicted molar refractivity (Wildman–Crippen MR) is 125 cm³/mol. The van der Waals surface area contributed by atoms with E-state index in [1.165, 1.54) is 41.3 Å². The molecule has 2 N–H and O–H groups in total. The van der Waals surface area contributed by atoms with Crippen molar-refractivity contribution in [2.45, 2.75) is 82.8 Å². The van der Waals surface area contributed by atoms with Crippen LogP contribution in [0.2, 0.25) is 0 Å². The molecule has 3 aliphatic rings. The van der Waals surface area contributed by atoms with Gasteiger partial charge >= 0.3 is 0 Å². The Morgan fingerprint density at radius 2 is 1.82 bits per heavy atom. The van der Waals surface area contributed by atoms with E-state index < -0.39 is 5.54 Å². The molecule has 0 spiro atoms. The molecule has 3 amide bonds. The number of carbonyl (C=O) groups is 3. The standard InChI is InChI=1S/C24H38N6O3/c1-24(23(33)26-18-10-5-3-4-6-11-18)17-30-20(22(32)28(24)2)16-19(27-30)21(31)25-12-9-15-29-13-7-8-14-29/h16,18H,3-15,17H2,1-2H3,(H,25,31)(H,26,33)/t24-/m1/s1. The van der Waals surface area contributed by atoms with Gasteiger partial charge in [-0.1, -0.05) is 25.7 Å². The molecular weight excluding hydrogens is 420 g/mol. The Kier molecular flexibility index (Phi) is 7.36. The number of nitrogens with one attached hydrogen (secondary N) is 2. The second kappa shape index (κ2) is 10.2. The molecule has 1 atom stereocenters. The first-order valence-corrected chi connectivity index (χ1v) is 12.6. The lowest BCUT2D eigenvalue weighted by Crippen LogP contribution is -2.63. The molecule has 0 bridgehead atoms. The van der Waals surface area contributed by atoms with E-state index in [9.17, 15) is 14.4 Å². The molecule has 182 valence electrons. The number of likely N-dealkylation sites (N-methyl/N-ethyl adjacent to an activating group) is 1. The number of hydrogen-bond acceptors (Lipinski definition) is 5. The van der Waals surface area contributed by atoms with E-state index in [4.69, 9.17) is 0 Å². The molecule has 0 radical (unpaired) electrons. The Labute approximate surface area is 196 Å². The molecule has 9 nitrogen and oxygen atoms in total. The second-order valence-electron chi connectivity index (χ2n) is 10.0. The number of carbonyl (C=O) groups excluding carboxylic acids is 3. The molecule has 0 aromatic carbocycles. The van der Waals surface area contributed by atoms with E-state index in [1.54, 1.807) is 14.0 Å². The van der Waals surface area contributed by atoms with Gasteiger partial charge in [-0.2, -0.15) is 5.10 Å². The summed E-state index contributed by atoms with van der Waals surface area (Å²) in [4.78, 5) is 42.9. The molecule has 3 heterocycles. The van der Waals surface area contributed by atoms with Gasteiger partial charge in [0.2, 0.25) is 5.91 Å². The summed E-state index contributed by atoms with van der Waals surface area (Å²) in [6, 6.07) is 1.69. The zero-order valence-electron chi connectivity index (χ0n) is 20.1. The fraction of sp³-hybridized carbons (Fsp3) is 0.750. The van der Waals surface area contributed by atoms with Crippen molar-refractivity contribution in [2.75, 3.05) is 33.2 Å². The van der Waals surface area contributed by atoms with Crippen LogP contribution in [0.25, 0.3) is 0 Å². The summed E-state index contributed by atoms with van der Waals surface area (Å²) >= 11 is 0. The lowest BCUT2D eigenvalue weighted by atomic mass is 9.95. The van der Waals surface area contributed by atoms with E-state index in [0.717, 1.165) is 51.7 Å². The Morgan fingerprint density at radius 1 is 1.12 bits per heavy atom. The highest BCUT2D eigenvalue weighted by molar-refractivity contribution is 6.01. The van der Waals surface area contributed by atoms with Crippen molar-refractivity contribution >= 4 is 17.7 Å². The Hall–Kier alpha value is -2.42. The van der Waals surface area contributed by atoms with Crippen molar-refractivity contribution in [1.82, 2.24) is 30.2 Å². The molecule has 1 aromatic rings. The van der Waals surface area contributed by atoms with Crippen LogP contribution >= 0.6 is 0 Å². The molecule has 2 aliphatic heterocycles. The molecule has 1 saturated carbocycles. The highest BCUT2D eigenvalue weighted by Crippen LogP contribution is 2.27. The fourth-order valence-electron chi connectivity index (χ4n) is 5.20. The molecule has 2 fully saturated rings. The maximum atomic E-state index is 13.3. The van der Waals surface area contributed by atoms with Crippen LogP contribution in [0, 0.1) is 0 Å². The van der Waals surface area contributed by atoms with E-state index in [2.05, 4.69) is 20.6 Å². The number of aromatic nitrogens is 2. The minimum absolute atomic E-state index is 0.153. The van der Waals surface area contributed by atoms with Crippen LogP contribution in [0.1, 0.15) is 85.7 Å². The van der Waals surface area contributed by atoms with Crippen molar-refractivity contribution in [3.63, 3.8) is 0 Å². The van der Waals surface area contributed by atoms with Crippen LogP contribution in [-0.4, -0.2) is 82.1 Å². The molecule has 1 saturated heterocycles. The zero-order chi connectivity index (χ0) is 23.4. The van der Waals surface area contributed by atoms with Crippen molar-refractivity contribution in [3.8, 4) is 0 Å². The lowest BCUT2D eigenvalue weighted by Gasteiger charge is -2.41. The van der Waals surface area contributed by atoms with Gasteiger partial charge in [0.05, 0.1) is 6.54 Å². The van der Waals surface area contributed by atoms with Crippen LogP contribution in [0.15, 0.2) is 6.07 Å². The normalized spacial score (nSPS) is 24.4. The summed E-state index contributed by atoms with van der Waals surface area (Å²) in [5, 5.41) is 10.5. The Morgan fingerprint density at radius 3 is 2.52 bits per heavy atom. The number of hydrogen-bond donors (Lipinski definition) is 2. The van der Waals surface area contributed by atoms with Gasteiger partial charge in [-0.3, -0.25) is 19.1 Å². The molecule has 33 heavy (non-hydrogen) atoms. The molecular formula is C24H38N6O3. The second-order valence-corrected chi connectivity index (χ2v) is 10.0. The first kappa shape index (κ1) is 23.7. The third-order valence-corrected chi connectivity index (χ3v) is 7.55. The number of rotatable bonds is 7. The van der Waals surface area contributed by atoms with Gasteiger partial charge in [0, 0.05) is 25.7 Å². The highest BCUT2D eigenvalue weighted by atomic mass is 16.2. The van der Waals surface area contributed by atoms with Gasteiger partial charge < -0.3 is 20.4 Å². The maximum Gasteiger partial charge on any atom is 0.272 e. The summed E-state index contributed by atoms with van der Waals surface area (Å²) in [6.45, 7) is 5.85. The Balaban J connectivity index is 1.38. The highest BCUT2D eigenvalue weighted by Gasteiger charge is 2.46. The Bertz CT molecular complexity index is 870. The molecule has 4 rings (SSSR count). The fourth-order valence-corrected chi connectivity index (χ4v) is 5.20. The third-order valence-electron chi connectivity index (χ3n) is 7.55. The van der Waals surface area contributed by atoms with E-state index >= 15 is 0 Å². The van der Waals surface area contributed by atoms with E-state index in [-0.39, 0.29) is 36.0 Å². The van der Waals surface area contributed by atoms with Crippen LogP contribution < -0.4 is 10.6 Å². The number of likely N-dealkylation sites (tertiary alicyclic amines) is 1. The summed E-state index contributed by atoms with van der Waals surface area (Å²) in [7, 11) is 1.66. The molecule has 1 aromatic heterocycles. The van der Waals surface area contributed by atoms with Crippen LogP contribution in [0.5, 0.6) is 0 Å². The first-order valence-electron chi connectivity index (χ1n) is 12.6. The first-order chi connectivity index (χ1) is 15.9. The van der Waals surface area contributed by atoms with Crippen molar-refractivity contribution in [3.05, 3.63) is 17.5 Å². The lowest BCUT2D eigenvalue weighted by molar-refractivity contribution is -0.133. The number of nitrogens with zero attached hydrogens (tertiary/aromatic N) is 4. The summed E-state index contributed by atoms with van der Waals surface area (Å²) in [5.74, 6) is -0.724. The van der Waals surface area contributed by atoms with Gasteiger partial charge in [0.25, 0.3) is 11.8 Å². The summed E-state index contributed by atoms with van der Waals surface area (Å²) in [5.41, 5.74) is -0.480. The average molecular weight is 459 g/mol.